The first kappa shape index (κ1) is 23.4. The monoisotopic (exact) mass is 479 g/mol. The van der Waals surface area contributed by atoms with Crippen molar-refractivity contribution in [2.75, 3.05) is 56.1 Å². The Balaban J connectivity index is 1.45. The van der Waals surface area contributed by atoms with Gasteiger partial charge in [0.2, 0.25) is 5.95 Å². The molecule has 1 aromatic heterocycles. The summed E-state index contributed by atoms with van der Waals surface area (Å²) in [4.78, 5) is 11.9. The fraction of sp³-hybridized carbons (Fsp3) is 0.462. The van der Waals surface area contributed by atoms with Gasteiger partial charge in [0.15, 0.2) is 11.5 Å². The molecular weight excluding hydrogens is 446 g/mol. The van der Waals surface area contributed by atoms with Crippen molar-refractivity contribution in [3.8, 4) is 11.5 Å². The number of benzene rings is 2. The summed E-state index contributed by atoms with van der Waals surface area (Å²) in [6.07, 6.45) is 3.15. The number of morpholine rings is 1. The summed E-state index contributed by atoms with van der Waals surface area (Å²) in [7, 11) is 3.24. The Morgan fingerprint density at radius 2 is 1.63 bits per heavy atom. The van der Waals surface area contributed by atoms with E-state index in [0.29, 0.717) is 23.3 Å². The van der Waals surface area contributed by atoms with E-state index in [-0.39, 0.29) is 12.1 Å². The van der Waals surface area contributed by atoms with Crippen LogP contribution in [-0.4, -0.2) is 67.7 Å². The minimum atomic E-state index is -0.208. The average Bonchev–Trinajstić information content (AvgIpc) is 2.90. The highest BCUT2D eigenvalue weighted by Crippen LogP contribution is 2.36. The predicted octanol–water partition coefficient (Wildman–Crippen LogP) is 3.94. The highest BCUT2D eigenvalue weighted by molar-refractivity contribution is 5.94. The van der Waals surface area contributed by atoms with Gasteiger partial charge in [-0.05, 0) is 56.0 Å². The van der Waals surface area contributed by atoms with Crippen LogP contribution in [0.3, 0.4) is 0 Å². The van der Waals surface area contributed by atoms with Crippen LogP contribution in [0.1, 0.15) is 25.7 Å². The maximum absolute atomic E-state index is 9.85. The van der Waals surface area contributed by atoms with Gasteiger partial charge in [-0.2, -0.15) is 4.98 Å². The molecule has 9 nitrogen and oxygen atoms in total. The number of aromatic nitrogens is 2. The average molecular weight is 480 g/mol. The second-order valence-electron chi connectivity index (χ2n) is 9.04. The number of methoxy groups -OCH3 is 2. The number of aliphatic hydroxyl groups is 1. The number of ether oxygens (including phenoxy) is 3. The van der Waals surface area contributed by atoms with Gasteiger partial charge in [0, 0.05) is 42.0 Å². The largest absolute Gasteiger partial charge is 0.493 e. The molecule has 0 radical (unpaired) electrons. The lowest BCUT2D eigenvalue weighted by molar-refractivity contribution is 0.122. The first-order valence-electron chi connectivity index (χ1n) is 12.2. The molecule has 0 atom stereocenters. The van der Waals surface area contributed by atoms with Gasteiger partial charge < -0.3 is 34.9 Å². The maximum Gasteiger partial charge on any atom is 0.225 e. The number of hydrogen-bond donors (Lipinski definition) is 3. The van der Waals surface area contributed by atoms with Crippen LogP contribution in [0.2, 0.25) is 0 Å². The molecule has 3 aromatic rings. The summed E-state index contributed by atoms with van der Waals surface area (Å²) in [5, 5.41) is 17.6. The molecular formula is C26H33N5O4. The van der Waals surface area contributed by atoms with Crippen LogP contribution in [0.5, 0.6) is 11.5 Å². The summed E-state index contributed by atoms with van der Waals surface area (Å²) in [6.45, 7) is 3.32. The number of nitrogens with zero attached hydrogens (tertiary/aromatic N) is 3. The molecule has 1 saturated heterocycles. The molecule has 186 valence electrons. The Kier molecular flexibility index (Phi) is 7.06. The minimum absolute atomic E-state index is 0.208. The van der Waals surface area contributed by atoms with Crippen molar-refractivity contribution in [1.29, 1.82) is 0 Å². The smallest absolute Gasteiger partial charge is 0.225 e. The highest BCUT2D eigenvalue weighted by atomic mass is 16.5. The molecule has 2 aliphatic rings. The van der Waals surface area contributed by atoms with Crippen LogP contribution in [0.25, 0.3) is 10.9 Å². The van der Waals surface area contributed by atoms with Gasteiger partial charge in [0.25, 0.3) is 0 Å². The van der Waals surface area contributed by atoms with E-state index in [1.54, 1.807) is 14.2 Å². The number of hydrogen-bond acceptors (Lipinski definition) is 9. The Hall–Kier alpha value is -3.30. The molecule has 0 amide bonds. The summed E-state index contributed by atoms with van der Waals surface area (Å²) in [6, 6.07) is 12.4. The molecule has 1 saturated carbocycles. The van der Waals surface area contributed by atoms with E-state index in [2.05, 4.69) is 39.8 Å². The zero-order valence-electron chi connectivity index (χ0n) is 20.3. The van der Waals surface area contributed by atoms with Crippen molar-refractivity contribution in [3.63, 3.8) is 0 Å². The van der Waals surface area contributed by atoms with Crippen LogP contribution < -0.4 is 25.0 Å². The van der Waals surface area contributed by atoms with Crippen molar-refractivity contribution in [2.24, 2.45) is 0 Å². The van der Waals surface area contributed by atoms with Gasteiger partial charge >= 0.3 is 0 Å². The molecule has 2 heterocycles. The van der Waals surface area contributed by atoms with Crippen molar-refractivity contribution < 1.29 is 19.3 Å². The zero-order valence-corrected chi connectivity index (χ0v) is 20.3. The van der Waals surface area contributed by atoms with Crippen molar-refractivity contribution in [1.82, 2.24) is 9.97 Å². The van der Waals surface area contributed by atoms with E-state index in [4.69, 9.17) is 24.2 Å². The van der Waals surface area contributed by atoms with E-state index >= 15 is 0 Å². The van der Waals surface area contributed by atoms with Crippen molar-refractivity contribution in [3.05, 3.63) is 36.4 Å². The Bertz CT molecular complexity index is 1140. The van der Waals surface area contributed by atoms with Gasteiger partial charge in [0.05, 0.1) is 39.1 Å². The van der Waals surface area contributed by atoms with Gasteiger partial charge in [-0.1, -0.05) is 0 Å². The number of rotatable bonds is 7. The van der Waals surface area contributed by atoms with E-state index in [0.717, 1.165) is 68.6 Å². The third-order valence-corrected chi connectivity index (χ3v) is 6.74. The summed E-state index contributed by atoms with van der Waals surface area (Å²) >= 11 is 0. The van der Waals surface area contributed by atoms with Crippen molar-refractivity contribution in [2.45, 2.75) is 37.8 Å². The van der Waals surface area contributed by atoms with Gasteiger partial charge in [-0.3, -0.25) is 0 Å². The van der Waals surface area contributed by atoms with E-state index < -0.39 is 0 Å². The molecule has 3 N–H and O–H groups in total. The fourth-order valence-corrected chi connectivity index (χ4v) is 4.73. The standard InChI is InChI=1S/C26H33N5O4/c1-33-23-15-21-22(16-24(23)34-2)29-26(28-18-5-9-20(32)10-6-18)30-25(21)27-17-3-7-19(8-4-17)31-11-13-35-14-12-31/h3-4,7-8,15-16,18,20,32H,5-6,9-14H2,1-2H3,(H2,27,28,29,30). The Morgan fingerprint density at radius 1 is 0.943 bits per heavy atom. The predicted molar refractivity (Wildman–Crippen MR) is 137 cm³/mol. The summed E-state index contributed by atoms with van der Waals surface area (Å²) < 4.78 is 16.5. The second-order valence-corrected chi connectivity index (χ2v) is 9.04. The topological polar surface area (TPSA) is 101 Å². The van der Waals surface area contributed by atoms with Crippen LogP contribution >= 0.6 is 0 Å². The molecule has 35 heavy (non-hydrogen) atoms. The highest BCUT2D eigenvalue weighted by Gasteiger charge is 2.21. The lowest BCUT2D eigenvalue weighted by Crippen LogP contribution is -2.36. The third kappa shape index (κ3) is 5.36. The summed E-state index contributed by atoms with van der Waals surface area (Å²) in [5.41, 5.74) is 2.87. The number of aliphatic hydroxyl groups excluding tert-OH is 1. The SMILES string of the molecule is COc1cc2nc(NC3CCC(O)CC3)nc(Nc3ccc(N4CCOCC4)cc3)c2cc1OC. The Labute approximate surface area is 205 Å². The van der Waals surface area contributed by atoms with Crippen LogP contribution in [0.15, 0.2) is 36.4 Å². The maximum atomic E-state index is 9.85. The molecule has 0 bridgehead atoms. The zero-order chi connectivity index (χ0) is 24.2. The number of nitrogens with one attached hydrogen (secondary N) is 2. The lowest BCUT2D eigenvalue weighted by Gasteiger charge is -2.29. The molecule has 2 aromatic carbocycles. The molecule has 2 fully saturated rings. The van der Waals surface area contributed by atoms with Crippen LogP contribution in [-0.2, 0) is 4.74 Å². The molecule has 1 aliphatic carbocycles. The molecule has 5 rings (SSSR count). The van der Waals surface area contributed by atoms with Crippen molar-refractivity contribution >= 4 is 34.0 Å². The minimum Gasteiger partial charge on any atom is -0.493 e. The first-order chi connectivity index (χ1) is 17.1. The summed E-state index contributed by atoms with van der Waals surface area (Å²) in [5.74, 6) is 2.48. The van der Waals surface area contributed by atoms with E-state index in [1.165, 1.54) is 5.69 Å². The quantitative estimate of drug-likeness (QED) is 0.465. The Morgan fingerprint density at radius 3 is 2.31 bits per heavy atom. The lowest BCUT2D eigenvalue weighted by atomic mass is 9.93. The molecule has 1 aliphatic heterocycles. The third-order valence-electron chi connectivity index (χ3n) is 6.74. The molecule has 0 spiro atoms. The van der Waals surface area contributed by atoms with Gasteiger partial charge in [-0.25, -0.2) is 4.98 Å². The second kappa shape index (κ2) is 10.5. The molecule has 0 unspecified atom stereocenters. The normalized spacial score (nSPS) is 20.5. The number of anilines is 4. The van der Waals surface area contributed by atoms with E-state index in [1.807, 2.05) is 12.1 Å². The molecule has 9 heteroatoms. The fourth-order valence-electron chi connectivity index (χ4n) is 4.73. The van der Waals surface area contributed by atoms with Crippen LogP contribution in [0.4, 0.5) is 23.1 Å². The van der Waals surface area contributed by atoms with E-state index in [9.17, 15) is 5.11 Å². The number of fused-ring (bicyclic) bond motifs is 1. The van der Waals surface area contributed by atoms with Gasteiger partial charge in [0.1, 0.15) is 5.82 Å². The van der Waals surface area contributed by atoms with Crippen LogP contribution in [0, 0.1) is 0 Å². The van der Waals surface area contributed by atoms with Gasteiger partial charge in [-0.15, -0.1) is 0 Å². The first-order valence-corrected chi connectivity index (χ1v) is 12.2.